The molecule has 0 radical (unpaired) electrons. The first kappa shape index (κ1) is 13.9. The van der Waals surface area contributed by atoms with Crippen molar-refractivity contribution in [2.45, 2.75) is 58.6 Å². The maximum Gasteiger partial charge on any atom is 0.0669 e. The maximum atomic E-state index is 9.07. The van der Waals surface area contributed by atoms with Gasteiger partial charge in [-0.2, -0.15) is 0 Å². The van der Waals surface area contributed by atoms with Crippen molar-refractivity contribution in [1.82, 2.24) is 0 Å². The summed E-state index contributed by atoms with van der Waals surface area (Å²) in [5, 5.41) is 9.07. The minimum Gasteiger partial charge on any atom is -0.394 e. The van der Waals surface area contributed by atoms with Crippen molar-refractivity contribution in [3.8, 4) is 0 Å². The molecule has 3 heteroatoms. The summed E-state index contributed by atoms with van der Waals surface area (Å²) in [7, 11) is 0. The molecule has 96 valence electrons. The first-order chi connectivity index (χ1) is 7.24. The van der Waals surface area contributed by atoms with Crippen molar-refractivity contribution in [2.75, 3.05) is 13.2 Å². The second kappa shape index (κ2) is 5.03. The molecule has 0 aromatic heterocycles. The lowest BCUT2D eigenvalue weighted by Crippen LogP contribution is -2.46. The van der Waals surface area contributed by atoms with Crippen LogP contribution >= 0.6 is 0 Å². The fraction of sp³-hybridized carbons (Fsp3) is 1.00. The molecule has 1 rings (SSSR count). The number of aliphatic hydroxyl groups is 1. The fourth-order valence-electron chi connectivity index (χ4n) is 2.74. The largest absolute Gasteiger partial charge is 0.394 e. The predicted molar refractivity (Wildman–Crippen MR) is 66.2 cm³/mol. The number of hydrogen-bond acceptors (Lipinski definition) is 3. The van der Waals surface area contributed by atoms with Crippen LogP contribution in [-0.2, 0) is 4.74 Å². The normalized spacial score (nSPS) is 33.4. The van der Waals surface area contributed by atoms with Gasteiger partial charge in [0.1, 0.15) is 0 Å². The van der Waals surface area contributed by atoms with E-state index < -0.39 is 5.54 Å². The molecular weight excluding hydrogens is 202 g/mol. The van der Waals surface area contributed by atoms with Crippen LogP contribution < -0.4 is 5.73 Å². The summed E-state index contributed by atoms with van der Waals surface area (Å²) < 4.78 is 5.86. The summed E-state index contributed by atoms with van der Waals surface area (Å²) in [6.07, 6.45) is 3.78. The van der Waals surface area contributed by atoms with Crippen molar-refractivity contribution in [1.29, 1.82) is 0 Å². The van der Waals surface area contributed by atoms with E-state index in [9.17, 15) is 0 Å². The molecule has 1 aliphatic rings. The number of ether oxygens (including phenoxy) is 1. The lowest BCUT2D eigenvalue weighted by atomic mass is 9.71. The minimum absolute atomic E-state index is 0.0291. The number of hydrogen-bond donors (Lipinski definition) is 2. The van der Waals surface area contributed by atoms with Gasteiger partial charge in [0.05, 0.1) is 24.9 Å². The highest BCUT2D eigenvalue weighted by molar-refractivity contribution is 4.85. The Hall–Kier alpha value is -0.120. The SMILES string of the molecule is CC1CC(OCC(C)(N)CO)CC(C)(C)C1. The molecule has 3 N–H and O–H groups in total. The van der Waals surface area contributed by atoms with Gasteiger partial charge in [0, 0.05) is 0 Å². The van der Waals surface area contributed by atoms with Crippen LogP contribution in [0.3, 0.4) is 0 Å². The van der Waals surface area contributed by atoms with Gasteiger partial charge in [-0.25, -0.2) is 0 Å². The van der Waals surface area contributed by atoms with Gasteiger partial charge in [0.2, 0.25) is 0 Å². The van der Waals surface area contributed by atoms with E-state index in [1.807, 2.05) is 6.92 Å². The standard InChI is InChI=1S/C13H27NO2/c1-10-5-11(7-12(2,3)6-10)16-9-13(4,14)8-15/h10-11,15H,5-9,14H2,1-4H3. The highest BCUT2D eigenvalue weighted by atomic mass is 16.5. The van der Waals surface area contributed by atoms with Crippen LogP contribution in [0.25, 0.3) is 0 Å². The van der Waals surface area contributed by atoms with E-state index >= 15 is 0 Å². The second-order valence-corrected chi connectivity index (χ2v) is 6.66. The summed E-state index contributed by atoms with van der Waals surface area (Å²) in [4.78, 5) is 0. The van der Waals surface area contributed by atoms with Gasteiger partial charge in [-0.1, -0.05) is 20.8 Å². The molecule has 16 heavy (non-hydrogen) atoms. The molecule has 0 aliphatic heterocycles. The van der Waals surface area contributed by atoms with Crippen molar-refractivity contribution in [2.24, 2.45) is 17.1 Å². The third kappa shape index (κ3) is 4.40. The third-order valence-corrected chi connectivity index (χ3v) is 3.36. The Kier molecular flexibility index (Phi) is 4.38. The van der Waals surface area contributed by atoms with E-state index in [2.05, 4.69) is 20.8 Å². The van der Waals surface area contributed by atoms with Crippen molar-refractivity contribution in [3.05, 3.63) is 0 Å². The second-order valence-electron chi connectivity index (χ2n) is 6.66. The first-order valence-electron chi connectivity index (χ1n) is 6.25. The van der Waals surface area contributed by atoms with Crippen LogP contribution in [0.15, 0.2) is 0 Å². The number of nitrogens with two attached hydrogens (primary N) is 1. The molecule has 0 spiro atoms. The zero-order valence-electron chi connectivity index (χ0n) is 11.1. The third-order valence-electron chi connectivity index (χ3n) is 3.36. The lowest BCUT2D eigenvalue weighted by molar-refractivity contribution is -0.0458. The van der Waals surface area contributed by atoms with E-state index in [4.69, 9.17) is 15.6 Å². The van der Waals surface area contributed by atoms with E-state index in [0.29, 0.717) is 24.0 Å². The van der Waals surface area contributed by atoms with Gasteiger partial charge in [0.15, 0.2) is 0 Å². The smallest absolute Gasteiger partial charge is 0.0669 e. The highest BCUT2D eigenvalue weighted by Crippen LogP contribution is 2.39. The molecule has 0 amide bonds. The van der Waals surface area contributed by atoms with Gasteiger partial charge in [-0.3, -0.25) is 0 Å². The molecule has 1 saturated carbocycles. The van der Waals surface area contributed by atoms with Crippen LogP contribution in [0.2, 0.25) is 0 Å². The molecule has 3 nitrogen and oxygen atoms in total. The van der Waals surface area contributed by atoms with Crippen LogP contribution in [0.5, 0.6) is 0 Å². The van der Waals surface area contributed by atoms with Crippen molar-refractivity contribution < 1.29 is 9.84 Å². The van der Waals surface area contributed by atoms with Crippen LogP contribution in [-0.4, -0.2) is 30.0 Å². The van der Waals surface area contributed by atoms with Crippen molar-refractivity contribution in [3.63, 3.8) is 0 Å². The Morgan fingerprint density at radius 3 is 2.56 bits per heavy atom. The van der Waals surface area contributed by atoms with Crippen LogP contribution in [0.1, 0.15) is 47.0 Å². The molecular formula is C13H27NO2. The summed E-state index contributed by atoms with van der Waals surface area (Å²) in [6.45, 7) is 9.12. The molecule has 1 aliphatic carbocycles. The molecule has 0 aromatic rings. The van der Waals surface area contributed by atoms with E-state index in [0.717, 1.165) is 12.8 Å². The Morgan fingerprint density at radius 2 is 2.06 bits per heavy atom. The monoisotopic (exact) mass is 229 g/mol. The average molecular weight is 229 g/mol. The van der Waals surface area contributed by atoms with Gasteiger partial charge in [0.25, 0.3) is 0 Å². The van der Waals surface area contributed by atoms with Gasteiger partial charge >= 0.3 is 0 Å². The quantitative estimate of drug-likeness (QED) is 0.774. The van der Waals surface area contributed by atoms with E-state index in [1.54, 1.807) is 0 Å². The highest BCUT2D eigenvalue weighted by Gasteiger charge is 2.33. The zero-order valence-corrected chi connectivity index (χ0v) is 11.1. The van der Waals surface area contributed by atoms with E-state index in [-0.39, 0.29) is 6.61 Å². The number of aliphatic hydroxyl groups excluding tert-OH is 1. The van der Waals surface area contributed by atoms with Crippen molar-refractivity contribution >= 4 is 0 Å². The van der Waals surface area contributed by atoms with Gasteiger partial charge in [-0.15, -0.1) is 0 Å². The molecule has 0 saturated heterocycles. The summed E-state index contributed by atoms with van der Waals surface area (Å²) in [5.41, 5.74) is 5.62. The molecule has 3 unspecified atom stereocenters. The maximum absolute atomic E-state index is 9.07. The summed E-state index contributed by atoms with van der Waals surface area (Å²) in [6, 6.07) is 0. The first-order valence-corrected chi connectivity index (χ1v) is 6.25. The predicted octanol–water partition coefficient (Wildman–Crippen LogP) is 1.93. The van der Waals surface area contributed by atoms with Crippen LogP contribution in [0, 0.1) is 11.3 Å². The molecule has 0 bridgehead atoms. The lowest BCUT2D eigenvalue weighted by Gasteiger charge is -2.39. The Bertz CT molecular complexity index is 226. The summed E-state index contributed by atoms with van der Waals surface area (Å²) in [5.74, 6) is 0.715. The van der Waals surface area contributed by atoms with Crippen LogP contribution in [0.4, 0.5) is 0 Å². The molecule has 0 heterocycles. The topological polar surface area (TPSA) is 55.5 Å². The Balaban J connectivity index is 2.43. The molecule has 3 atom stereocenters. The molecule has 0 aromatic carbocycles. The minimum atomic E-state index is -0.606. The molecule has 1 fully saturated rings. The Morgan fingerprint density at radius 1 is 1.44 bits per heavy atom. The zero-order chi connectivity index (χ0) is 12.4. The van der Waals surface area contributed by atoms with E-state index in [1.165, 1.54) is 6.42 Å². The Labute approximate surface area is 99.4 Å². The van der Waals surface area contributed by atoms with Gasteiger partial charge < -0.3 is 15.6 Å². The fourth-order valence-corrected chi connectivity index (χ4v) is 2.74. The summed E-state index contributed by atoms with van der Waals surface area (Å²) >= 11 is 0. The average Bonchev–Trinajstić information content (AvgIpc) is 2.12. The van der Waals surface area contributed by atoms with Gasteiger partial charge in [-0.05, 0) is 37.5 Å². The number of rotatable bonds is 4.